The lowest BCUT2D eigenvalue weighted by Crippen LogP contribution is -2.47. The van der Waals surface area contributed by atoms with E-state index in [4.69, 9.17) is 5.11 Å². The minimum atomic E-state index is -1.03. The van der Waals surface area contributed by atoms with Crippen LogP contribution in [0, 0.1) is 0 Å². The van der Waals surface area contributed by atoms with Crippen molar-refractivity contribution in [1.29, 1.82) is 0 Å². The Kier molecular flexibility index (Phi) is 3.55. The summed E-state index contributed by atoms with van der Waals surface area (Å²) >= 11 is 0. The van der Waals surface area contributed by atoms with Crippen molar-refractivity contribution in [2.45, 2.75) is 43.9 Å². The van der Waals surface area contributed by atoms with Gasteiger partial charge in [0.2, 0.25) is 0 Å². The first-order valence-electron chi connectivity index (χ1n) is 7.18. The van der Waals surface area contributed by atoms with E-state index in [1.807, 2.05) is 24.3 Å². The van der Waals surface area contributed by atoms with Gasteiger partial charge >= 0.3 is 6.09 Å². The molecule has 3 rings (SSSR count). The van der Waals surface area contributed by atoms with Crippen LogP contribution in [0.3, 0.4) is 0 Å². The van der Waals surface area contributed by atoms with E-state index >= 15 is 0 Å². The number of aromatic nitrogens is 2. The quantitative estimate of drug-likeness (QED) is 0.806. The Hall–Kier alpha value is -2.08. The molecule has 1 amide bonds. The van der Waals surface area contributed by atoms with Crippen molar-refractivity contribution in [3.63, 3.8) is 0 Å². The standard InChI is InChI=1S/C15H19N3O3/c19-14(20)17-12-5-3-7-15(21,8-12)10-18-13-6-2-1-4-11(13)9-16-18/h1-2,4,6,9,12,17,21H,3,5,7-8,10H2,(H,19,20)/t12-,15?/m1/s1. The SMILES string of the molecule is O=C(O)N[C@@H]1CCCC(O)(Cn2ncc3ccccc32)C1. The number of carbonyl (C=O) groups is 1. The number of nitrogens with zero attached hydrogens (tertiary/aromatic N) is 2. The van der Waals surface area contributed by atoms with E-state index in [9.17, 15) is 9.90 Å². The van der Waals surface area contributed by atoms with Crippen LogP contribution in [-0.2, 0) is 6.54 Å². The summed E-state index contributed by atoms with van der Waals surface area (Å²) in [6, 6.07) is 7.67. The third kappa shape index (κ3) is 3.00. The molecule has 1 aromatic carbocycles. The Morgan fingerprint density at radius 1 is 1.48 bits per heavy atom. The molecule has 1 unspecified atom stereocenters. The van der Waals surface area contributed by atoms with Gasteiger partial charge in [0.05, 0.1) is 23.9 Å². The Morgan fingerprint density at radius 2 is 2.29 bits per heavy atom. The molecule has 1 fully saturated rings. The van der Waals surface area contributed by atoms with Gasteiger partial charge in [-0.15, -0.1) is 0 Å². The number of amides is 1. The first-order valence-corrected chi connectivity index (χ1v) is 7.18. The van der Waals surface area contributed by atoms with Crippen LogP contribution in [0.5, 0.6) is 0 Å². The van der Waals surface area contributed by atoms with Crippen LogP contribution >= 0.6 is 0 Å². The molecular formula is C15H19N3O3. The average molecular weight is 289 g/mol. The maximum absolute atomic E-state index is 10.8. The molecule has 6 heteroatoms. The number of carboxylic acid groups (broad SMARTS) is 1. The highest BCUT2D eigenvalue weighted by atomic mass is 16.4. The molecule has 0 aliphatic heterocycles. The number of hydrogen-bond donors (Lipinski definition) is 3. The van der Waals surface area contributed by atoms with Gasteiger partial charge in [0.25, 0.3) is 0 Å². The zero-order valence-electron chi connectivity index (χ0n) is 11.7. The van der Waals surface area contributed by atoms with Crippen LogP contribution in [0.2, 0.25) is 0 Å². The van der Waals surface area contributed by atoms with Gasteiger partial charge < -0.3 is 15.5 Å². The lowest BCUT2D eigenvalue weighted by molar-refractivity contribution is -0.0228. The molecular weight excluding hydrogens is 270 g/mol. The number of hydrogen-bond acceptors (Lipinski definition) is 3. The highest BCUT2D eigenvalue weighted by Crippen LogP contribution is 2.30. The molecule has 1 heterocycles. The molecule has 2 atom stereocenters. The van der Waals surface area contributed by atoms with Crippen LogP contribution in [-0.4, -0.2) is 37.7 Å². The first kappa shape index (κ1) is 13.9. The zero-order chi connectivity index (χ0) is 14.9. The fourth-order valence-electron chi connectivity index (χ4n) is 3.21. The van der Waals surface area contributed by atoms with Gasteiger partial charge in [-0.05, 0) is 31.7 Å². The van der Waals surface area contributed by atoms with Crippen molar-refractivity contribution in [3.8, 4) is 0 Å². The van der Waals surface area contributed by atoms with E-state index in [2.05, 4.69) is 10.4 Å². The lowest BCUT2D eigenvalue weighted by Gasteiger charge is -2.36. The van der Waals surface area contributed by atoms with Crippen molar-refractivity contribution in [2.24, 2.45) is 0 Å². The van der Waals surface area contributed by atoms with Gasteiger partial charge in [0, 0.05) is 11.4 Å². The second-order valence-corrected chi connectivity index (χ2v) is 5.83. The Labute approximate surface area is 122 Å². The summed E-state index contributed by atoms with van der Waals surface area (Å²) in [7, 11) is 0. The number of fused-ring (bicyclic) bond motifs is 1. The first-order chi connectivity index (χ1) is 10.1. The second-order valence-electron chi connectivity index (χ2n) is 5.83. The molecule has 3 N–H and O–H groups in total. The van der Waals surface area contributed by atoms with E-state index in [1.54, 1.807) is 10.9 Å². The highest BCUT2D eigenvalue weighted by Gasteiger charge is 2.35. The fraction of sp³-hybridized carbons (Fsp3) is 0.467. The summed E-state index contributed by atoms with van der Waals surface area (Å²) in [5.74, 6) is 0. The molecule has 0 spiro atoms. The zero-order valence-corrected chi connectivity index (χ0v) is 11.7. The summed E-state index contributed by atoms with van der Waals surface area (Å²) in [5.41, 5.74) is 0.0689. The predicted octanol–water partition coefficient (Wildman–Crippen LogP) is 1.98. The Bertz CT molecular complexity index is 654. The second kappa shape index (κ2) is 5.37. The van der Waals surface area contributed by atoms with Gasteiger partial charge in [0.1, 0.15) is 0 Å². The normalized spacial score (nSPS) is 25.9. The van der Waals surface area contributed by atoms with Crippen LogP contribution in [0.1, 0.15) is 25.7 Å². The summed E-state index contributed by atoms with van der Waals surface area (Å²) in [4.78, 5) is 10.8. The van der Waals surface area contributed by atoms with E-state index < -0.39 is 11.7 Å². The summed E-state index contributed by atoms with van der Waals surface area (Å²) in [6.07, 6.45) is 3.42. The van der Waals surface area contributed by atoms with Crippen molar-refractivity contribution in [3.05, 3.63) is 30.5 Å². The number of benzene rings is 1. The molecule has 1 aliphatic carbocycles. The van der Waals surface area contributed by atoms with Crippen LogP contribution in [0.25, 0.3) is 10.9 Å². The monoisotopic (exact) mass is 289 g/mol. The lowest BCUT2D eigenvalue weighted by atomic mass is 9.81. The van der Waals surface area contributed by atoms with E-state index in [-0.39, 0.29) is 6.04 Å². The third-order valence-corrected chi connectivity index (χ3v) is 4.14. The fourth-order valence-corrected chi connectivity index (χ4v) is 3.21. The third-order valence-electron chi connectivity index (χ3n) is 4.14. The van der Waals surface area contributed by atoms with Gasteiger partial charge in [-0.2, -0.15) is 5.10 Å². The number of para-hydroxylation sites is 1. The number of aliphatic hydroxyl groups is 1. The summed E-state index contributed by atoms with van der Waals surface area (Å²) in [5, 5.41) is 27.5. The predicted molar refractivity (Wildman–Crippen MR) is 78.1 cm³/mol. The molecule has 21 heavy (non-hydrogen) atoms. The topological polar surface area (TPSA) is 87.4 Å². The minimum absolute atomic E-state index is 0.192. The largest absolute Gasteiger partial charge is 0.465 e. The molecule has 112 valence electrons. The molecule has 6 nitrogen and oxygen atoms in total. The molecule has 1 aromatic heterocycles. The molecule has 0 saturated heterocycles. The van der Waals surface area contributed by atoms with Gasteiger partial charge in [-0.25, -0.2) is 4.79 Å². The molecule has 1 saturated carbocycles. The molecule has 0 radical (unpaired) electrons. The van der Waals surface area contributed by atoms with Crippen molar-refractivity contribution < 1.29 is 15.0 Å². The number of nitrogens with one attached hydrogen (secondary N) is 1. The van der Waals surface area contributed by atoms with Gasteiger partial charge in [0.15, 0.2) is 0 Å². The minimum Gasteiger partial charge on any atom is -0.465 e. The molecule has 0 bridgehead atoms. The Balaban J connectivity index is 1.77. The van der Waals surface area contributed by atoms with E-state index in [1.165, 1.54) is 0 Å². The van der Waals surface area contributed by atoms with Gasteiger partial charge in [-0.3, -0.25) is 4.68 Å². The molecule has 2 aromatic rings. The summed E-state index contributed by atoms with van der Waals surface area (Å²) in [6.45, 7) is 0.387. The van der Waals surface area contributed by atoms with Crippen LogP contribution in [0.15, 0.2) is 30.5 Å². The van der Waals surface area contributed by atoms with Gasteiger partial charge in [-0.1, -0.05) is 18.2 Å². The van der Waals surface area contributed by atoms with Crippen molar-refractivity contribution in [2.75, 3.05) is 0 Å². The van der Waals surface area contributed by atoms with E-state index in [0.717, 1.165) is 23.7 Å². The Morgan fingerprint density at radius 3 is 3.10 bits per heavy atom. The van der Waals surface area contributed by atoms with Crippen LogP contribution < -0.4 is 5.32 Å². The smallest absolute Gasteiger partial charge is 0.404 e. The number of rotatable bonds is 3. The van der Waals surface area contributed by atoms with Crippen LogP contribution in [0.4, 0.5) is 4.79 Å². The van der Waals surface area contributed by atoms with Crippen molar-refractivity contribution in [1.82, 2.24) is 15.1 Å². The molecule has 1 aliphatic rings. The summed E-state index contributed by atoms with van der Waals surface area (Å²) < 4.78 is 1.80. The average Bonchev–Trinajstić information content (AvgIpc) is 2.81. The maximum atomic E-state index is 10.8. The maximum Gasteiger partial charge on any atom is 0.404 e. The van der Waals surface area contributed by atoms with E-state index in [0.29, 0.717) is 19.4 Å². The van der Waals surface area contributed by atoms with Crippen molar-refractivity contribution >= 4 is 17.0 Å². The highest BCUT2D eigenvalue weighted by molar-refractivity contribution is 5.78.